The molecule has 2 atom stereocenters. The molecule has 0 radical (unpaired) electrons. The van der Waals surface area contributed by atoms with Crippen LogP contribution in [0, 0.1) is 5.82 Å². The Morgan fingerprint density at radius 3 is 2.44 bits per heavy atom. The zero-order valence-electron chi connectivity index (χ0n) is 15.1. The molecule has 2 amide bonds. The highest BCUT2D eigenvalue weighted by Crippen LogP contribution is 2.42. The number of hydrogen-bond donors (Lipinski definition) is 1. The highest BCUT2D eigenvalue weighted by atomic mass is 19.1. The molecule has 1 aromatic rings. The first-order valence-corrected chi connectivity index (χ1v) is 9.34. The molecule has 1 saturated heterocycles. The average Bonchev–Trinajstić information content (AvgIpc) is 2.61. The quantitative estimate of drug-likeness (QED) is 0.826. The van der Waals surface area contributed by atoms with Gasteiger partial charge < -0.3 is 10.2 Å². The topological polar surface area (TPSA) is 49.4 Å². The average molecular weight is 346 g/mol. The van der Waals surface area contributed by atoms with E-state index in [1.165, 1.54) is 18.6 Å². The van der Waals surface area contributed by atoms with Gasteiger partial charge in [0.1, 0.15) is 11.4 Å². The van der Waals surface area contributed by atoms with E-state index in [4.69, 9.17) is 0 Å². The van der Waals surface area contributed by atoms with Gasteiger partial charge in [0.05, 0.1) is 12.5 Å². The van der Waals surface area contributed by atoms with E-state index in [1.54, 1.807) is 17.0 Å². The van der Waals surface area contributed by atoms with E-state index in [1.807, 2.05) is 13.8 Å². The van der Waals surface area contributed by atoms with Crippen LogP contribution in [0.15, 0.2) is 24.3 Å². The lowest BCUT2D eigenvalue weighted by Crippen LogP contribution is -2.65. The minimum absolute atomic E-state index is 0.0162. The second-order valence-corrected chi connectivity index (χ2v) is 7.47. The van der Waals surface area contributed by atoms with E-state index in [-0.39, 0.29) is 29.7 Å². The number of benzene rings is 1. The van der Waals surface area contributed by atoms with Gasteiger partial charge in [0.25, 0.3) is 0 Å². The summed E-state index contributed by atoms with van der Waals surface area (Å²) in [5.74, 6) is -0.381. The molecule has 1 aliphatic heterocycles. The van der Waals surface area contributed by atoms with Crippen molar-refractivity contribution in [2.24, 2.45) is 0 Å². The molecule has 136 valence electrons. The van der Waals surface area contributed by atoms with Crippen LogP contribution in [0.2, 0.25) is 0 Å². The zero-order chi connectivity index (χ0) is 18.0. The van der Waals surface area contributed by atoms with Gasteiger partial charge in [-0.1, -0.05) is 38.3 Å². The molecule has 2 unspecified atom stereocenters. The van der Waals surface area contributed by atoms with Crippen LogP contribution in [0.25, 0.3) is 0 Å². The Balaban J connectivity index is 1.77. The third-order valence-corrected chi connectivity index (χ3v) is 5.85. The summed E-state index contributed by atoms with van der Waals surface area (Å²) in [6.07, 6.45) is 6.48. The van der Waals surface area contributed by atoms with E-state index in [0.29, 0.717) is 12.8 Å². The lowest BCUT2D eigenvalue weighted by atomic mass is 9.83. The molecule has 1 N–H and O–H groups in total. The van der Waals surface area contributed by atoms with Crippen LogP contribution in [0.3, 0.4) is 0 Å². The molecular weight excluding hydrogens is 319 g/mol. The van der Waals surface area contributed by atoms with Crippen molar-refractivity contribution in [1.82, 2.24) is 10.2 Å². The van der Waals surface area contributed by atoms with Crippen molar-refractivity contribution in [3.05, 3.63) is 35.6 Å². The predicted molar refractivity (Wildman–Crippen MR) is 94.3 cm³/mol. The standard InChI is InChI=1S/C20H27FN2O2/c1-3-20(2,19(25)22-16-7-5-4-6-8-16)23-17(13-18(23)24)14-9-11-15(21)12-10-14/h9-12,16-17H,3-8,13H2,1-2H3,(H,22,25). The number of nitrogens with one attached hydrogen (secondary N) is 1. The van der Waals surface area contributed by atoms with Gasteiger partial charge in [0, 0.05) is 6.04 Å². The lowest BCUT2D eigenvalue weighted by molar-refractivity contribution is -0.164. The molecule has 0 bridgehead atoms. The Hall–Kier alpha value is -1.91. The predicted octanol–water partition coefficient (Wildman–Crippen LogP) is 3.72. The van der Waals surface area contributed by atoms with Crippen molar-refractivity contribution in [3.8, 4) is 0 Å². The van der Waals surface area contributed by atoms with Gasteiger partial charge in [-0.3, -0.25) is 9.59 Å². The van der Waals surface area contributed by atoms with Crippen LogP contribution >= 0.6 is 0 Å². The number of hydrogen-bond acceptors (Lipinski definition) is 2. The summed E-state index contributed by atoms with van der Waals surface area (Å²) in [6.45, 7) is 3.78. The summed E-state index contributed by atoms with van der Waals surface area (Å²) in [5.41, 5.74) is 0.0115. The molecule has 4 nitrogen and oxygen atoms in total. The number of likely N-dealkylation sites (tertiary alicyclic amines) is 1. The van der Waals surface area contributed by atoms with Crippen molar-refractivity contribution in [1.29, 1.82) is 0 Å². The lowest BCUT2D eigenvalue weighted by Gasteiger charge is -2.51. The number of halogens is 1. The SMILES string of the molecule is CCC(C)(C(=O)NC1CCCCC1)N1C(=O)CC1c1ccc(F)cc1. The van der Waals surface area contributed by atoms with Crippen molar-refractivity contribution in [2.45, 2.75) is 76.4 Å². The summed E-state index contributed by atoms with van der Waals surface area (Å²) in [4.78, 5) is 27.1. The van der Waals surface area contributed by atoms with Crippen molar-refractivity contribution >= 4 is 11.8 Å². The minimum Gasteiger partial charge on any atom is -0.351 e. The minimum atomic E-state index is -0.869. The second kappa shape index (κ2) is 7.14. The number of rotatable bonds is 5. The molecule has 1 heterocycles. The molecule has 3 rings (SSSR count). The number of carbonyl (C=O) groups is 2. The van der Waals surface area contributed by atoms with Gasteiger partial charge >= 0.3 is 0 Å². The zero-order valence-corrected chi connectivity index (χ0v) is 15.1. The summed E-state index contributed by atoms with van der Waals surface area (Å²) < 4.78 is 13.2. The number of β-lactam (4-membered cyclic amide) rings is 1. The van der Waals surface area contributed by atoms with Crippen LogP contribution in [0.5, 0.6) is 0 Å². The largest absolute Gasteiger partial charge is 0.351 e. The molecule has 25 heavy (non-hydrogen) atoms. The van der Waals surface area contributed by atoms with Crippen LogP contribution in [-0.4, -0.2) is 28.3 Å². The van der Waals surface area contributed by atoms with Crippen molar-refractivity contribution < 1.29 is 14.0 Å². The number of nitrogens with zero attached hydrogens (tertiary/aromatic N) is 1. The second-order valence-electron chi connectivity index (χ2n) is 7.47. The molecule has 1 aliphatic carbocycles. The summed E-state index contributed by atoms with van der Waals surface area (Å²) in [7, 11) is 0. The van der Waals surface area contributed by atoms with Crippen LogP contribution in [-0.2, 0) is 9.59 Å². The van der Waals surface area contributed by atoms with Gasteiger partial charge in [-0.15, -0.1) is 0 Å². The molecular formula is C20H27FN2O2. The van der Waals surface area contributed by atoms with Gasteiger partial charge in [0.2, 0.25) is 11.8 Å². The maximum atomic E-state index is 13.2. The van der Waals surface area contributed by atoms with E-state index in [2.05, 4.69) is 5.32 Å². The van der Waals surface area contributed by atoms with Gasteiger partial charge in [0.15, 0.2) is 0 Å². The first-order chi connectivity index (χ1) is 12.0. The molecule has 1 aromatic carbocycles. The fraction of sp³-hybridized carbons (Fsp3) is 0.600. The maximum Gasteiger partial charge on any atom is 0.245 e. The van der Waals surface area contributed by atoms with E-state index in [9.17, 15) is 14.0 Å². The molecule has 0 aromatic heterocycles. The van der Waals surface area contributed by atoms with Crippen LogP contribution < -0.4 is 5.32 Å². The molecule has 0 spiro atoms. The molecule has 1 saturated carbocycles. The Morgan fingerprint density at radius 2 is 1.88 bits per heavy atom. The number of amides is 2. The summed E-state index contributed by atoms with van der Waals surface area (Å²) in [6, 6.07) is 6.27. The first-order valence-electron chi connectivity index (χ1n) is 9.34. The Kier molecular flexibility index (Phi) is 5.11. The van der Waals surface area contributed by atoms with Gasteiger partial charge in [-0.25, -0.2) is 4.39 Å². The number of carbonyl (C=O) groups excluding carboxylic acids is 2. The van der Waals surface area contributed by atoms with Crippen molar-refractivity contribution in [3.63, 3.8) is 0 Å². The Morgan fingerprint density at radius 1 is 1.24 bits per heavy atom. The molecule has 2 fully saturated rings. The third-order valence-electron chi connectivity index (χ3n) is 5.85. The smallest absolute Gasteiger partial charge is 0.245 e. The van der Waals surface area contributed by atoms with E-state index < -0.39 is 5.54 Å². The van der Waals surface area contributed by atoms with Crippen LogP contribution in [0.1, 0.15) is 70.4 Å². The highest BCUT2D eigenvalue weighted by Gasteiger charge is 2.51. The third kappa shape index (κ3) is 3.42. The van der Waals surface area contributed by atoms with Crippen molar-refractivity contribution in [2.75, 3.05) is 0 Å². The first kappa shape index (κ1) is 17.9. The van der Waals surface area contributed by atoms with Gasteiger partial charge in [-0.2, -0.15) is 0 Å². The molecule has 5 heteroatoms. The normalized spacial score (nSPS) is 23.7. The van der Waals surface area contributed by atoms with Gasteiger partial charge in [-0.05, 0) is 43.9 Å². The summed E-state index contributed by atoms with van der Waals surface area (Å²) >= 11 is 0. The Labute approximate surface area is 148 Å². The van der Waals surface area contributed by atoms with Crippen LogP contribution in [0.4, 0.5) is 4.39 Å². The van der Waals surface area contributed by atoms with E-state index in [0.717, 1.165) is 31.2 Å². The fourth-order valence-corrected chi connectivity index (χ4v) is 4.02. The summed E-state index contributed by atoms with van der Waals surface area (Å²) in [5, 5.41) is 3.17. The molecule has 2 aliphatic rings. The highest BCUT2D eigenvalue weighted by molar-refractivity contribution is 5.94. The Bertz CT molecular complexity index is 640. The monoisotopic (exact) mass is 346 g/mol. The maximum absolute atomic E-state index is 13.2. The fourth-order valence-electron chi connectivity index (χ4n) is 4.02. The van der Waals surface area contributed by atoms with E-state index >= 15 is 0 Å².